The Morgan fingerprint density at radius 3 is 2.50 bits per heavy atom. The first kappa shape index (κ1) is 11.8. The zero-order valence-corrected chi connectivity index (χ0v) is 11.7. The molecule has 0 bridgehead atoms. The first-order valence-corrected chi connectivity index (χ1v) is 6.76. The molecule has 0 amide bonds. The fourth-order valence-corrected chi connectivity index (χ4v) is 3.26. The minimum atomic E-state index is -0.0186. The Morgan fingerprint density at radius 2 is 1.94 bits per heavy atom. The highest BCUT2D eigenvalue weighted by atomic mass is 79.9. The van der Waals surface area contributed by atoms with Crippen LogP contribution in [0, 0.1) is 13.8 Å². The number of thiophene rings is 1. The van der Waals surface area contributed by atoms with Crippen LogP contribution in [0.15, 0.2) is 34.8 Å². The number of hydrogen-bond donors (Lipinski definition) is 1. The van der Waals surface area contributed by atoms with Crippen molar-refractivity contribution in [3.05, 3.63) is 55.7 Å². The van der Waals surface area contributed by atoms with Crippen LogP contribution in [0.25, 0.3) is 0 Å². The maximum atomic E-state index is 6.26. The molecule has 0 aliphatic rings. The second-order valence-corrected chi connectivity index (χ2v) is 6.22. The number of halogens is 1. The lowest BCUT2D eigenvalue weighted by atomic mass is 10.0. The molecular formula is C13H14BrNS. The molecule has 16 heavy (non-hydrogen) atoms. The van der Waals surface area contributed by atoms with Gasteiger partial charge in [0.25, 0.3) is 0 Å². The summed E-state index contributed by atoms with van der Waals surface area (Å²) in [6.45, 7) is 4.19. The maximum Gasteiger partial charge on any atom is 0.0646 e. The van der Waals surface area contributed by atoms with E-state index in [1.54, 1.807) is 11.3 Å². The van der Waals surface area contributed by atoms with Gasteiger partial charge < -0.3 is 5.73 Å². The van der Waals surface area contributed by atoms with Crippen LogP contribution in [0.5, 0.6) is 0 Å². The van der Waals surface area contributed by atoms with E-state index >= 15 is 0 Å². The lowest BCUT2D eigenvalue weighted by Gasteiger charge is -2.11. The summed E-state index contributed by atoms with van der Waals surface area (Å²) in [5, 5.41) is 0. The van der Waals surface area contributed by atoms with E-state index in [2.05, 4.69) is 60.1 Å². The zero-order chi connectivity index (χ0) is 11.7. The Hall–Kier alpha value is -0.640. The fourth-order valence-electron chi connectivity index (χ4n) is 1.73. The Kier molecular flexibility index (Phi) is 3.47. The van der Waals surface area contributed by atoms with Crippen LogP contribution in [-0.4, -0.2) is 0 Å². The van der Waals surface area contributed by atoms with Crippen molar-refractivity contribution in [2.75, 3.05) is 0 Å². The van der Waals surface area contributed by atoms with Gasteiger partial charge in [-0.15, -0.1) is 11.3 Å². The van der Waals surface area contributed by atoms with Crippen molar-refractivity contribution in [2.24, 2.45) is 5.73 Å². The van der Waals surface area contributed by atoms with Gasteiger partial charge in [0.1, 0.15) is 0 Å². The molecule has 0 aliphatic carbocycles. The third-order valence-corrected chi connectivity index (χ3v) is 4.03. The molecule has 84 valence electrons. The molecule has 1 atom stereocenters. The molecular weight excluding hydrogens is 282 g/mol. The van der Waals surface area contributed by atoms with Crippen molar-refractivity contribution >= 4 is 27.3 Å². The van der Waals surface area contributed by atoms with Crippen LogP contribution in [0.2, 0.25) is 0 Å². The molecule has 1 unspecified atom stereocenters. The molecule has 2 rings (SSSR count). The SMILES string of the molecule is Cc1cc(Br)cc(C(N)c2ccc(C)s2)c1. The van der Waals surface area contributed by atoms with Crippen LogP contribution in [0.3, 0.4) is 0 Å². The molecule has 0 saturated carbocycles. The summed E-state index contributed by atoms with van der Waals surface area (Å²) in [4.78, 5) is 2.52. The summed E-state index contributed by atoms with van der Waals surface area (Å²) in [5.74, 6) is 0. The van der Waals surface area contributed by atoms with Crippen LogP contribution in [0.1, 0.15) is 26.9 Å². The van der Waals surface area contributed by atoms with Crippen molar-refractivity contribution in [1.29, 1.82) is 0 Å². The van der Waals surface area contributed by atoms with E-state index in [0.29, 0.717) is 0 Å². The van der Waals surface area contributed by atoms with E-state index < -0.39 is 0 Å². The van der Waals surface area contributed by atoms with Crippen LogP contribution in [-0.2, 0) is 0 Å². The summed E-state index contributed by atoms with van der Waals surface area (Å²) >= 11 is 5.27. The van der Waals surface area contributed by atoms with Gasteiger partial charge in [-0.2, -0.15) is 0 Å². The van der Waals surface area contributed by atoms with Crippen molar-refractivity contribution in [3.8, 4) is 0 Å². The minimum Gasteiger partial charge on any atom is -0.320 e. The zero-order valence-electron chi connectivity index (χ0n) is 9.33. The van der Waals surface area contributed by atoms with E-state index in [1.807, 2.05) is 0 Å². The normalized spacial score (nSPS) is 12.8. The van der Waals surface area contributed by atoms with Crippen LogP contribution in [0.4, 0.5) is 0 Å². The predicted molar refractivity (Wildman–Crippen MR) is 74.0 cm³/mol. The van der Waals surface area contributed by atoms with Crippen molar-refractivity contribution in [1.82, 2.24) is 0 Å². The number of nitrogens with two attached hydrogens (primary N) is 1. The van der Waals surface area contributed by atoms with Crippen molar-refractivity contribution < 1.29 is 0 Å². The molecule has 1 heterocycles. The molecule has 1 aromatic carbocycles. The summed E-state index contributed by atoms with van der Waals surface area (Å²) in [6, 6.07) is 10.5. The van der Waals surface area contributed by atoms with E-state index in [9.17, 15) is 0 Å². The Morgan fingerprint density at radius 1 is 1.19 bits per heavy atom. The third kappa shape index (κ3) is 2.54. The fraction of sp³-hybridized carbons (Fsp3) is 0.231. The standard InChI is InChI=1S/C13H14BrNS/c1-8-5-10(7-11(14)6-8)13(15)12-4-3-9(2)16-12/h3-7,13H,15H2,1-2H3. The summed E-state index contributed by atoms with van der Waals surface area (Å²) < 4.78 is 1.09. The minimum absolute atomic E-state index is 0.0186. The molecule has 0 aliphatic heterocycles. The van der Waals surface area contributed by atoms with E-state index in [1.165, 1.54) is 15.3 Å². The second-order valence-electron chi connectivity index (χ2n) is 3.99. The highest BCUT2D eigenvalue weighted by Crippen LogP contribution is 2.28. The van der Waals surface area contributed by atoms with Gasteiger partial charge in [-0.05, 0) is 49.2 Å². The Labute approximate surface area is 108 Å². The number of hydrogen-bond acceptors (Lipinski definition) is 2. The number of aryl methyl sites for hydroxylation is 2. The molecule has 0 spiro atoms. The molecule has 1 aromatic heterocycles. The van der Waals surface area contributed by atoms with Gasteiger partial charge in [-0.3, -0.25) is 0 Å². The van der Waals surface area contributed by atoms with Gasteiger partial charge in [-0.25, -0.2) is 0 Å². The predicted octanol–water partition coefficient (Wildman–Crippen LogP) is 4.18. The first-order valence-electron chi connectivity index (χ1n) is 5.15. The average molecular weight is 296 g/mol. The largest absolute Gasteiger partial charge is 0.320 e. The molecule has 3 heteroatoms. The summed E-state index contributed by atoms with van der Waals surface area (Å²) in [7, 11) is 0. The third-order valence-electron chi connectivity index (χ3n) is 2.49. The molecule has 0 saturated heterocycles. The summed E-state index contributed by atoms with van der Waals surface area (Å²) in [6.07, 6.45) is 0. The molecule has 0 radical (unpaired) electrons. The number of rotatable bonds is 2. The molecule has 0 fully saturated rings. The van der Waals surface area contributed by atoms with E-state index in [4.69, 9.17) is 5.73 Å². The Bertz CT molecular complexity index is 484. The smallest absolute Gasteiger partial charge is 0.0646 e. The van der Waals surface area contributed by atoms with Crippen molar-refractivity contribution in [2.45, 2.75) is 19.9 Å². The monoisotopic (exact) mass is 295 g/mol. The van der Waals surface area contributed by atoms with Crippen LogP contribution < -0.4 is 5.73 Å². The van der Waals surface area contributed by atoms with E-state index in [-0.39, 0.29) is 6.04 Å². The maximum absolute atomic E-state index is 6.26. The quantitative estimate of drug-likeness (QED) is 0.884. The topological polar surface area (TPSA) is 26.0 Å². The van der Waals surface area contributed by atoms with Crippen LogP contribution >= 0.6 is 27.3 Å². The first-order chi connectivity index (χ1) is 7.56. The lowest BCUT2D eigenvalue weighted by Crippen LogP contribution is -2.10. The second kappa shape index (κ2) is 4.70. The Balaban J connectivity index is 2.37. The highest BCUT2D eigenvalue weighted by molar-refractivity contribution is 9.10. The van der Waals surface area contributed by atoms with E-state index in [0.717, 1.165) is 10.0 Å². The summed E-state index contributed by atoms with van der Waals surface area (Å²) in [5.41, 5.74) is 8.65. The van der Waals surface area contributed by atoms with Gasteiger partial charge >= 0.3 is 0 Å². The average Bonchev–Trinajstić information content (AvgIpc) is 2.62. The lowest BCUT2D eigenvalue weighted by molar-refractivity contribution is 0.890. The van der Waals surface area contributed by atoms with Crippen molar-refractivity contribution in [3.63, 3.8) is 0 Å². The highest BCUT2D eigenvalue weighted by Gasteiger charge is 2.11. The van der Waals surface area contributed by atoms with Gasteiger partial charge in [0.05, 0.1) is 6.04 Å². The molecule has 2 aromatic rings. The molecule has 2 N–H and O–H groups in total. The number of benzene rings is 1. The van der Waals surface area contributed by atoms with Gasteiger partial charge in [0, 0.05) is 14.2 Å². The van der Waals surface area contributed by atoms with Gasteiger partial charge in [-0.1, -0.05) is 22.0 Å². The van der Waals surface area contributed by atoms with Gasteiger partial charge in [0.2, 0.25) is 0 Å². The van der Waals surface area contributed by atoms with Gasteiger partial charge in [0.15, 0.2) is 0 Å². The molecule has 1 nitrogen and oxygen atoms in total.